The first kappa shape index (κ1) is 25.3. The van der Waals surface area contributed by atoms with E-state index in [0.29, 0.717) is 22.0 Å². The summed E-state index contributed by atoms with van der Waals surface area (Å²) < 4.78 is 5.67. The average Bonchev–Trinajstić information content (AvgIpc) is 2.79. The van der Waals surface area contributed by atoms with Crippen LogP contribution in [0.2, 0.25) is 5.02 Å². The third-order valence-electron chi connectivity index (χ3n) is 5.56. The second-order valence-electron chi connectivity index (χ2n) is 8.90. The van der Waals surface area contributed by atoms with Gasteiger partial charge >= 0.3 is 0 Å². The maximum absolute atomic E-state index is 12.7. The minimum atomic E-state index is -0.235. The first-order valence-electron chi connectivity index (χ1n) is 11.4. The molecule has 3 aromatic carbocycles. The maximum Gasteiger partial charge on any atom is 0.262 e. The fourth-order valence-electron chi connectivity index (χ4n) is 3.68. The van der Waals surface area contributed by atoms with Crippen LogP contribution in [0.1, 0.15) is 66.6 Å². The number of halogens is 1. The van der Waals surface area contributed by atoms with Gasteiger partial charge in [0.25, 0.3) is 11.8 Å². The third-order valence-corrected chi connectivity index (χ3v) is 5.80. The molecule has 0 aliphatic heterocycles. The molecule has 5 nitrogen and oxygen atoms in total. The van der Waals surface area contributed by atoms with Crippen LogP contribution < -0.4 is 15.4 Å². The van der Waals surface area contributed by atoms with Crippen molar-refractivity contribution in [1.29, 1.82) is 0 Å². The van der Waals surface area contributed by atoms with Gasteiger partial charge in [0.1, 0.15) is 5.75 Å². The Morgan fingerprint density at radius 1 is 0.882 bits per heavy atom. The highest BCUT2D eigenvalue weighted by atomic mass is 35.5. The summed E-state index contributed by atoms with van der Waals surface area (Å²) in [6, 6.07) is 18.1. The predicted molar refractivity (Wildman–Crippen MR) is 139 cm³/mol. The minimum absolute atomic E-state index is 0.126. The van der Waals surface area contributed by atoms with E-state index in [-0.39, 0.29) is 30.3 Å². The van der Waals surface area contributed by atoms with Gasteiger partial charge in [-0.1, -0.05) is 57.5 Å². The van der Waals surface area contributed by atoms with Crippen LogP contribution in [0.3, 0.4) is 0 Å². The minimum Gasteiger partial charge on any atom is -0.484 e. The Kier molecular flexibility index (Phi) is 8.35. The number of carbonyl (C=O) groups excluding carboxylic acids is 2. The van der Waals surface area contributed by atoms with Gasteiger partial charge in [-0.3, -0.25) is 9.59 Å². The van der Waals surface area contributed by atoms with Crippen molar-refractivity contribution in [3.63, 3.8) is 0 Å². The number of amides is 2. The molecule has 0 spiro atoms. The number of aryl methyl sites for hydroxylation is 1. The molecule has 6 heteroatoms. The van der Waals surface area contributed by atoms with E-state index < -0.39 is 0 Å². The van der Waals surface area contributed by atoms with E-state index in [9.17, 15) is 9.59 Å². The smallest absolute Gasteiger partial charge is 0.262 e. The molecule has 0 aliphatic rings. The lowest BCUT2D eigenvalue weighted by atomic mass is 9.92. The molecule has 2 N–H and O–H groups in total. The number of carbonyl (C=O) groups is 2. The lowest BCUT2D eigenvalue weighted by molar-refractivity contribution is -0.118. The summed E-state index contributed by atoms with van der Waals surface area (Å²) in [5.41, 5.74) is 5.14. The molecule has 0 aliphatic carbocycles. The van der Waals surface area contributed by atoms with E-state index in [4.69, 9.17) is 16.3 Å². The lowest BCUT2D eigenvalue weighted by Crippen LogP contribution is -2.22. The molecule has 0 saturated heterocycles. The fourth-order valence-corrected chi connectivity index (χ4v) is 3.91. The Labute approximate surface area is 206 Å². The lowest BCUT2D eigenvalue weighted by Gasteiger charge is -2.20. The Bertz CT molecular complexity index is 1140. The SMILES string of the molecule is Cc1cc(Cl)ccc1NC(=O)c1ccc(OCC(=O)Nc2c(C(C)C)cccc2C(C)C)cc1. The van der Waals surface area contributed by atoms with Crippen molar-refractivity contribution < 1.29 is 14.3 Å². The summed E-state index contributed by atoms with van der Waals surface area (Å²) in [5.74, 6) is 0.613. The second kappa shape index (κ2) is 11.2. The standard InChI is InChI=1S/C28H31ClN2O3/c1-17(2)23-7-6-8-24(18(3)4)27(23)31-26(32)16-34-22-12-9-20(10-13-22)28(33)30-25-14-11-21(29)15-19(25)5/h6-15,17-18H,16H2,1-5H3,(H,30,33)(H,31,32). The molecule has 0 radical (unpaired) electrons. The van der Waals surface area contributed by atoms with Gasteiger partial charge < -0.3 is 15.4 Å². The molecule has 0 heterocycles. The van der Waals surface area contributed by atoms with Crippen molar-refractivity contribution in [2.24, 2.45) is 0 Å². The predicted octanol–water partition coefficient (Wildman–Crippen LogP) is 7.17. The van der Waals surface area contributed by atoms with Gasteiger partial charge in [-0.15, -0.1) is 0 Å². The van der Waals surface area contributed by atoms with Gasteiger partial charge in [-0.05, 0) is 77.9 Å². The summed E-state index contributed by atoms with van der Waals surface area (Å²) in [6.07, 6.45) is 0. The zero-order valence-corrected chi connectivity index (χ0v) is 21.0. The van der Waals surface area contributed by atoms with Crippen molar-refractivity contribution in [2.75, 3.05) is 17.2 Å². The highest BCUT2D eigenvalue weighted by molar-refractivity contribution is 6.30. The van der Waals surface area contributed by atoms with Gasteiger partial charge in [0.15, 0.2) is 6.61 Å². The molecule has 178 valence electrons. The number of ether oxygens (including phenoxy) is 1. The fraction of sp³-hybridized carbons (Fsp3) is 0.286. The van der Waals surface area contributed by atoms with Crippen molar-refractivity contribution in [3.8, 4) is 5.75 Å². The largest absolute Gasteiger partial charge is 0.484 e. The Morgan fingerprint density at radius 2 is 1.50 bits per heavy atom. The van der Waals surface area contributed by atoms with Crippen molar-refractivity contribution in [1.82, 2.24) is 0 Å². The molecular weight excluding hydrogens is 448 g/mol. The monoisotopic (exact) mass is 478 g/mol. The van der Waals surface area contributed by atoms with Crippen LogP contribution in [0.4, 0.5) is 11.4 Å². The Morgan fingerprint density at radius 3 is 2.06 bits per heavy atom. The number of hydrogen-bond donors (Lipinski definition) is 2. The van der Waals surface area contributed by atoms with Crippen LogP contribution in [-0.2, 0) is 4.79 Å². The number of nitrogens with one attached hydrogen (secondary N) is 2. The molecule has 0 fully saturated rings. The summed E-state index contributed by atoms with van der Waals surface area (Å²) in [4.78, 5) is 25.2. The van der Waals surface area contributed by atoms with Gasteiger partial charge in [-0.25, -0.2) is 0 Å². The number of rotatable bonds is 8. The zero-order chi connectivity index (χ0) is 24.8. The van der Waals surface area contributed by atoms with E-state index in [0.717, 1.165) is 22.4 Å². The van der Waals surface area contributed by atoms with Gasteiger partial charge in [-0.2, -0.15) is 0 Å². The van der Waals surface area contributed by atoms with Gasteiger partial charge in [0, 0.05) is 22.0 Å². The quantitative estimate of drug-likeness (QED) is 0.360. The van der Waals surface area contributed by atoms with Crippen molar-refractivity contribution in [3.05, 3.63) is 87.9 Å². The van der Waals surface area contributed by atoms with E-state index in [1.807, 2.05) is 25.1 Å². The van der Waals surface area contributed by atoms with Crippen LogP contribution in [0, 0.1) is 6.92 Å². The van der Waals surface area contributed by atoms with E-state index in [1.54, 1.807) is 42.5 Å². The van der Waals surface area contributed by atoms with Crippen LogP contribution >= 0.6 is 11.6 Å². The molecule has 0 atom stereocenters. The molecule has 3 aromatic rings. The van der Waals surface area contributed by atoms with E-state index in [2.05, 4.69) is 38.3 Å². The summed E-state index contributed by atoms with van der Waals surface area (Å²) in [6.45, 7) is 10.2. The molecule has 34 heavy (non-hydrogen) atoms. The maximum atomic E-state index is 12.7. The Balaban J connectivity index is 1.61. The van der Waals surface area contributed by atoms with E-state index in [1.165, 1.54) is 0 Å². The topological polar surface area (TPSA) is 67.4 Å². The molecule has 0 saturated carbocycles. The molecule has 2 amide bonds. The molecule has 0 bridgehead atoms. The van der Waals surface area contributed by atoms with Crippen LogP contribution in [0.25, 0.3) is 0 Å². The average molecular weight is 479 g/mol. The third kappa shape index (κ3) is 6.39. The summed E-state index contributed by atoms with van der Waals surface area (Å²) in [7, 11) is 0. The van der Waals surface area contributed by atoms with Gasteiger partial charge in [0.2, 0.25) is 0 Å². The van der Waals surface area contributed by atoms with Crippen molar-refractivity contribution >= 4 is 34.8 Å². The first-order valence-corrected chi connectivity index (χ1v) is 11.8. The summed E-state index contributed by atoms with van der Waals surface area (Å²) >= 11 is 5.97. The second-order valence-corrected chi connectivity index (χ2v) is 9.33. The van der Waals surface area contributed by atoms with Gasteiger partial charge in [0.05, 0.1) is 0 Å². The van der Waals surface area contributed by atoms with Crippen LogP contribution in [0.5, 0.6) is 5.75 Å². The summed E-state index contributed by atoms with van der Waals surface area (Å²) in [5, 5.41) is 6.54. The molecule has 0 unspecified atom stereocenters. The molecule has 3 rings (SSSR count). The Hall–Kier alpha value is -3.31. The normalized spacial score (nSPS) is 10.9. The number of para-hydroxylation sites is 1. The zero-order valence-electron chi connectivity index (χ0n) is 20.2. The number of benzene rings is 3. The van der Waals surface area contributed by atoms with Crippen LogP contribution in [-0.4, -0.2) is 18.4 Å². The number of anilines is 2. The van der Waals surface area contributed by atoms with Crippen LogP contribution in [0.15, 0.2) is 60.7 Å². The molecule has 0 aromatic heterocycles. The highest BCUT2D eigenvalue weighted by Crippen LogP contribution is 2.32. The first-order chi connectivity index (χ1) is 16.2. The van der Waals surface area contributed by atoms with Crippen molar-refractivity contribution in [2.45, 2.75) is 46.5 Å². The molecular formula is C28H31ClN2O3. The highest BCUT2D eigenvalue weighted by Gasteiger charge is 2.16. The number of hydrogen-bond acceptors (Lipinski definition) is 3. The van der Waals surface area contributed by atoms with E-state index >= 15 is 0 Å².